The molecule has 102 valence electrons. The predicted octanol–water partition coefficient (Wildman–Crippen LogP) is 3.15. The van der Waals surface area contributed by atoms with E-state index in [2.05, 4.69) is 4.74 Å². The SMILES string of the molecule is COC(=O)c1ccc(-c2ccccc2C(=O)O)c(C)c1. The molecule has 0 amide bonds. The Labute approximate surface area is 116 Å². The van der Waals surface area contributed by atoms with Crippen molar-refractivity contribution in [3.63, 3.8) is 0 Å². The second-order valence-corrected chi connectivity index (χ2v) is 4.37. The summed E-state index contributed by atoms with van der Waals surface area (Å²) in [5.41, 5.74) is 2.93. The van der Waals surface area contributed by atoms with Gasteiger partial charge in [-0.05, 0) is 41.8 Å². The Morgan fingerprint density at radius 2 is 1.75 bits per heavy atom. The van der Waals surface area contributed by atoms with Crippen molar-refractivity contribution in [2.24, 2.45) is 0 Å². The van der Waals surface area contributed by atoms with Gasteiger partial charge in [-0.15, -0.1) is 0 Å². The van der Waals surface area contributed by atoms with Crippen molar-refractivity contribution < 1.29 is 19.4 Å². The molecule has 4 heteroatoms. The van der Waals surface area contributed by atoms with Crippen LogP contribution < -0.4 is 0 Å². The lowest BCUT2D eigenvalue weighted by Gasteiger charge is -2.10. The molecular weight excluding hydrogens is 256 g/mol. The minimum absolute atomic E-state index is 0.237. The number of benzene rings is 2. The molecule has 0 aliphatic carbocycles. The Kier molecular flexibility index (Phi) is 3.84. The average molecular weight is 270 g/mol. The molecule has 1 N–H and O–H groups in total. The third kappa shape index (κ3) is 2.54. The zero-order chi connectivity index (χ0) is 14.7. The molecule has 0 aliphatic rings. The summed E-state index contributed by atoms with van der Waals surface area (Å²) < 4.78 is 4.67. The van der Waals surface area contributed by atoms with Crippen molar-refractivity contribution in [3.05, 3.63) is 59.2 Å². The van der Waals surface area contributed by atoms with Crippen LogP contribution in [0, 0.1) is 6.92 Å². The van der Waals surface area contributed by atoms with Crippen molar-refractivity contribution in [2.75, 3.05) is 7.11 Å². The normalized spacial score (nSPS) is 10.1. The molecule has 0 fully saturated rings. The van der Waals surface area contributed by atoms with Crippen LogP contribution in [0.4, 0.5) is 0 Å². The van der Waals surface area contributed by atoms with Crippen molar-refractivity contribution in [3.8, 4) is 11.1 Å². The fourth-order valence-corrected chi connectivity index (χ4v) is 2.12. The van der Waals surface area contributed by atoms with Gasteiger partial charge < -0.3 is 9.84 Å². The van der Waals surface area contributed by atoms with E-state index in [4.69, 9.17) is 0 Å². The third-order valence-electron chi connectivity index (χ3n) is 3.10. The molecule has 2 rings (SSSR count). The van der Waals surface area contributed by atoms with Crippen molar-refractivity contribution >= 4 is 11.9 Å². The predicted molar refractivity (Wildman–Crippen MR) is 74.9 cm³/mol. The summed E-state index contributed by atoms with van der Waals surface area (Å²) in [7, 11) is 1.32. The van der Waals surface area contributed by atoms with Gasteiger partial charge in [0.05, 0.1) is 18.2 Å². The first-order valence-corrected chi connectivity index (χ1v) is 6.06. The number of hydrogen-bond donors (Lipinski definition) is 1. The number of carboxylic acid groups (broad SMARTS) is 1. The highest BCUT2D eigenvalue weighted by atomic mass is 16.5. The number of esters is 1. The molecule has 0 unspecified atom stereocenters. The minimum atomic E-state index is -0.975. The number of rotatable bonds is 3. The fourth-order valence-electron chi connectivity index (χ4n) is 2.12. The number of carboxylic acids is 1. The summed E-state index contributed by atoms with van der Waals surface area (Å²) in [4.78, 5) is 22.7. The Balaban J connectivity index is 2.55. The standard InChI is InChI=1S/C16H14O4/c1-10-9-11(16(19)20-2)7-8-12(10)13-5-3-4-6-14(13)15(17)18/h3-9H,1-2H3,(H,17,18). The van der Waals surface area contributed by atoms with Crippen LogP contribution in [0.3, 0.4) is 0 Å². The number of hydrogen-bond acceptors (Lipinski definition) is 3. The summed E-state index contributed by atoms with van der Waals surface area (Å²) in [5.74, 6) is -1.39. The van der Waals surface area contributed by atoms with E-state index in [0.717, 1.165) is 11.1 Å². The monoisotopic (exact) mass is 270 g/mol. The molecule has 2 aromatic carbocycles. The summed E-state index contributed by atoms with van der Waals surface area (Å²) in [5, 5.41) is 9.22. The first kappa shape index (κ1) is 13.8. The van der Waals surface area contributed by atoms with E-state index in [0.29, 0.717) is 11.1 Å². The number of carbonyl (C=O) groups is 2. The molecule has 4 nitrogen and oxygen atoms in total. The lowest BCUT2D eigenvalue weighted by molar-refractivity contribution is 0.0599. The van der Waals surface area contributed by atoms with E-state index in [1.165, 1.54) is 7.11 Å². The zero-order valence-electron chi connectivity index (χ0n) is 11.2. The van der Waals surface area contributed by atoms with E-state index < -0.39 is 11.9 Å². The van der Waals surface area contributed by atoms with Crippen molar-refractivity contribution in [2.45, 2.75) is 6.92 Å². The molecule has 2 aromatic rings. The second kappa shape index (κ2) is 5.57. The fraction of sp³-hybridized carbons (Fsp3) is 0.125. The number of carbonyl (C=O) groups excluding carboxylic acids is 1. The van der Waals surface area contributed by atoms with E-state index >= 15 is 0 Å². The van der Waals surface area contributed by atoms with Gasteiger partial charge in [-0.1, -0.05) is 24.3 Å². The maximum absolute atomic E-state index is 11.5. The maximum atomic E-state index is 11.5. The van der Waals surface area contributed by atoms with E-state index in [9.17, 15) is 14.7 Å². The van der Waals surface area contributed by atoms with E-state index in [-0.39, 0.29) is 5.56 Å². The van der Waals surface area contributed by atoms with Gasteiger partial charge in [-0.2, -0.15) is 0 Å². The largest absolute Gasteiger partial charge is 0.478 e. The molecule has 0 spiro atoms. The molecule has 0 atom stereocenters. The van der Waals surface area contributed by atoms with Gasteiger partial charge in [0, 0.05) is 0 Å². The molecule has 0 radical (unpaired) electrons. The van der Waals surface area contributed by atoms with E-state index in [1.54, 1.807) is 42.5 Å². The van der Waals surface area contributed by atoms with Crippen LogP contribution in [-0.2, 0) is 4.74 Å². The lowest BCUT2D eigenvalue weighted by atomic mass is 9.94. The Hall–Kier alpha value is -2.62. The number of methoxy groups -OCH3 is 1. The Bertz CT molecular complexity index is 674. The van der Waals surface area contributed by atoms with Gasteiger partial charge >= 0.3 is 11.9 Å². The quantitative estimate of drug-likeness (QED) is 0.870. The van der Waals surface area contributed by atoms with Gasteiger partial charge in [0.15, 0.2) is 0 Å². The van der Waals surface area contributed by atoms with Gasteiger partial charge in [0.25, 0.3) is 0 Å². The Morgan fingerprint density at radius 3 is 2.35 bits per heavy atom. The molecule has 0 saturated heterocycles. The number of ether oxygens (including phenoxy) is 1. The van der Waals surface area contributed by atoms with Crippen molar-refractivity contribution in [1.29, 1.82) is 0 Å². The molecule has 0 heterocycles. The first-order chi connectivity index (χ1) is 9.54. The maximum Gasteiger partial charge on any atom is 0.337 e. The molecule has 20 heavy (non-hydrogen) atoms. The molecule has 0 aliphatic heterocycles. The van der Waals surface area contributed by atoms with Gasteiger partial charge in [0.1, 0.15) is 0 Å². The van der Waals surface area contributed by atoms with Gasteiger partial charge in [-0.3, -0.25) is 0 Å². The van der Waals surface area contributed by atoms with Crippen LogP contribution in [-0.4, -0.2) is 24.2 Å². The minimum Gasteiger partial charge on any atom is -0.478 e. The average Bonchev–Trinajstić information content (AvgIpc) is 2.46. The topological polar surface area (TPSA) is 63.6 Å². The molecule has 0 saturated carbocycles. The number of aryl methyl sites for hydroxylation is 1. The first-order valence-electron chi connectivity index (χ1n) is 6.06. The van der Waals surface area contributed by atoms with Crippen LogP contribution in [0.1, 0.15) is 26.3 Å². The molecule has 0 bridgehead atoms. The van der Waals surface area contributed by atoms with Gasteiger partial charge in [0.2, 0.25) is 0 Å². The highest BCUT2D eigenvalue weighted by molar-refractivity contribution is 5.97. The highest BCUT2D eigenvalue weighted by Gasteiger charge is 2.14. The lowest BCUT2D eigenvalue weighted by Crippen LogP contribution is -2.03. The number of aromatic carboxylic acids is 1. The van der Waals surface area contributed by atoms with Crippen molar-refractivity contribution in [1.82, 2.24) is 0 Å². The highest BCUT2D eigenvalue weighted by Crippen LogP contribution is 2.27. The molecular formula is C16H14O4. The third-order valence-corrected chi connectivity index (χ3v) is 3.10. The van der Waals surface area contributed by atoms with Crippen LogP contribution in [0.5, 0.6) is 0 Å². The summed E-state index contributed by atoms with van der Waals surface area (Å²) in [6, 6.07) is 11.9. The summed E-state index contributed by atoms with van der Waals surface area (Å²) >= 11 is 0. The van der Waals surface area contributed by atoms with Crippen LogP contribution in [0.2, 0.25) is 0 Å². The van der Waals surface area contributed by atoms with Crippen LogP contribution in [0.25, 0.3) is 11.1 Å². The van der Waals surface area contributed by atoms with Crippen LogP contribution >= 0.6 is 0 Å². The van der Waals surface area contributed by atoms with Crippen LogP contribution in [0.15, 0.2) is 42.5 Å². The van der Waals surface area contributed by atoms with Gasteiger partial charge in [-0.25, -0.2) is 9.59 Å². The van der Waals surface area contributed by atoms with E-state index in [1.807, 2.05) is 6.92 Å². The smallest absolute Gasteiger partial charge is 0.337 e. The summed E-state index contributed by atoms with van der Waals surface area (Å²) in [6.07, 6.45) is 0. The zero-order valence-corrected chi connectivity index (χ0v) is 11.2. The Morgan fingerprint density at radius 1 is 1.05 bits per heavy atom. The molecule has 0 aromatic heterocycles. The second-order valence-electron chi connectivity index (χ2n) is 4.37. The summed E-state index contributed by atoms with van der Waals surface area (Å²) in [6.45, 7) is 1.83.